The number of hydrogen-bond acceptors (Lipinski definition) is 4. The zero-order valence-corrected chi connectivity index (χ0v) is 14.3. The summed E-state index contributed by atoms with van der Waals surface area (Å²) < 4.78 is 23.6. The van der Waals surface area contributed by atoms with Crippen LogP contribution in [-0.4, -0.2) is 31.5 Å². The molecule has 6 heteroatoms. The predicted octanol–water partition coefficient (Wildman–Crippen LogP) is 2.48. The lowest BCUT2D eigenvalue weighted by Gasteiger charge is -2.23. The summed E-state index contributed by atoms with van der Waals surface area (Å²) in [6, 6.07) is 14.3. The Morgan fingerprint density at radius 3 is 2.42 bits per heavy atom. The maximum atomic E-state index is 12.9. The van der Waals surface area contributed by atoms with Crippen LogP contribution in [0.1, 0.15) is 28.8 Å². The molecule has 1 aliphatic rings. The Morgan fingerprint density at radius 1 is 1.17 bits per heavy atom. The van der Waals surface area contributed by atoms with Gasteiger partial charge in [0.05, 0.1) is 4.90 Å². The topological polar surface area (TPSA) is 80.5 Å². The molecular formula is C18H20N2O3S. The lowest BCUT2D eigenvalue weighted by atomic mass is 10.1. The van der Waals surface area contributed by atoms with Gasteiger partial charge in [0.25, 0.3) is 5.91 Å². The van der Waals surface area contributed by atoms with E-state index in [4.69, 9.17) is 5.73 Å². The number of nitrogen functional groups attached to an aromatic ring is 1. The van der Waals surface area contributed by atoms with Gasteiger partial charge in [-0.25, -0.2) is 8.42 Å². The van der Waals surface area contributed by atoms with Crippen LogP contribution in [0.3, 0.4) is 0 Å². The number of nitrogens with zero attached hydrogens (tertiary/aromatic N) is 1. The first kappa shape index (κ1) is 16.5. The van der Waals surface area contributed by atoms with Crippen LogP contribution in [0.5, 0.6) is 0 Å². The van der Waals surface area contributed by atoms with Crippen LogP contribution in [0, 0.1) is 0 Å². The Morgan fingerprint density at radius 2 is 1.83 bits per heavy atom. The fourth-order valence-electron chi connectivity index (χ4n) is 2.66. The van der Waals surface area contributed by atoms with E-state index in [1.165, 1.54) is 18.2 Å². The first-order valence-electron chi connectivity index (χ1n) is 7.80. The van der Waals surface area contributed by atoms with Crippen molar-refractivity contribution in [3.8, 4) is 0 Å². The molecule has 1 amide bonds. The number of hydrogen-bond donors (Lipinski definition) is 1. The maximum absolute atomic E-state index is 12.9. The summed E-state index contributed by atoms with van der Waals surface area (Å²) in [5.74, 6) is -0.182. The zero-order valence-electron chi connectivity index (χ0n) is 13.5. The standard InChI is InChI=1S/C18H20N2O3S/c1-24(22,23)17-10-14(9-15(19)11-17)18(21)20(16-7-8-16)12-13-5-3-2-4-6-13/h2-6,9-11,16H,7-8,12,19H2,1H3. The summed E-state index contributed by atoms with van der Waals surface area (Å²) in [6.07, 6.45) is 3.05. The molecule has 0 radical (unpaired) electrons. The summed E-state index contributed by atoms with van der Waals surface area (Å²) in [6.45, 7) is 0.507. The van der Waals surface area contributed by atoms with Crippen LogP contribution in [0.4, 0.5) is 5.69 Å². The molecule has 3 rings (SSSR count). The number of rotatable bonds is 5. The first-order valence-corrected chi connectivity index (χ1v) is 9.69. The predicted molar refractivity (Wildman–Crippen MR) is 93.3 cm³/mol. The van der Waals surface area contributed by atoms with Gasteiger partial charge in [0.15, 0.2) is 9.84 Å². The molecule has 0 atom stereocenters. The van der Waals surface area contributed by atoms with E-state index in [1.54, 1.807) is 4.90 Å². The second-order valence-electron chi connectivity index (χ2n) is 6.21. The van der Waals surface area contributed by atoms with E-state index in [0.29, 0.717) is 12.1 Å². The molecule has 0 saturated heterocycles. The molecule has 0 spiro atoms. The third-order valence-electron chi connectivity index (χ3n) is 4.05. The first-order chi connectivity index (χ1) is 11.3. The molecule has 5 nitrogen and oxygen atoms in total. The Labute approximate surface area is 142 Å². The van der Waals surface area contributed by atoms with Gasteiger partial charge in [0, 0.05) is 30.1 Å². The molecule has 0 unspecified atom stereocenters. The highest BCUT2D eigenvalue weighted by Gasteiger charge is 2.33. The van der Waals surface area contributed by atoms with E-state index in [2.05, 4.69) is 0 Å². The average Bonchev–Trinajstić information content (AvgIpc) is 3.36. The average molecular weight is 344 g/mol. The molecule has 2 aromatic carbocycles. The molecule has 0 aromatic heterocycles. The van der Waals surface area contributed by atoms with Crippen LogP contribution in [0.2, 0.25) is 0 Å². The van der Waals surface area contributed by atoms with Crippen LogP contribution in [-0.2, 0) is 16.4 Å². The third kappa shape index (κ3) is 3.76. The molecule has 0 aliphatic heterocycles. The van der Waals surface area contributed by atoms with Gasteiger partial charge >= 0.3 is 0 Å². The van der Waals surface area contributed by atoms with Crippen molar-refractivity contribution in [2.75, 3.05) is 12.0 Å². The molecule has 2 N–H and O–H groups in total. The molecule has 1 aliphatic carbocycles. The van der Waals surface area contributed by atoms with Crippen LogP contribution in [0.25, 0.3) is 0 Å². The number of anilines is 1. The van der Waals surface area contributed by atoms with E-state index >= 15 is 0 Å². The van der Waals surface area contributed by atoms with Crippen molar-refractivity contribution in [2.24, 2.45) is 0 Å². The van der Waals surface area contributed by atoms with Crippen molar-refractivity contribution in [1.29, 1.82) is 0 Å². The molecule has 1 fully saturated rings. The van der Waals surface area contributed by atoms with E-state index in [-0.39, 0.29) is 22.5 Å². The summed E-state index contributed by atoms with van der Waals surface area (Å²) in [7, 11) is -3.42. The van der Waals surface area contributed by atoms with E-state index < -0.39 is 9.84 Å². The monoisotopic (exact) mass is 344 g/mol. The van der Waals surface area contributed by atoms with Crippen molar-refractivity contribution < 1.29 is 13.2 Å². The van der Waals surface area contributed by atoms with Gasteiger partial charge in [-0.1, -0.05) is 30.3 Å². The minimum Gasteiger partial charge on any atom is -0.399 e. The normalized spacial score (nSPS) is 14.4. The number of carbonyl (C=O) groups excluding carboxylic acids is 1. The Hall–Kier alpha value is -2.34. The zero-order chi connectivity index (χ0) is 17.3. The highest BCUT2D eigenvalue weighted by Crippen LogP contribution is 2.30. The molecule has 0 bridgehead atoms. The fourth-order valence-corrected chi connectivity index (χ4v) is 3.35. The van der Waals surface area contributed by atoms with Crippen LogP contribution in [0.15, 0.2) is 53.4 Å². The number of sulfone groups is 1. The summed E-state index contributed by atoms with van der Waals surface area (Å²) in [5, 5.41) is 0. The number of nitrogens with two attached hydrogens (primary N) is 1. The number of carbonyl (C=O) groups is 1. The SMILES string of the molecule is CS(=O)(=O)c1cc(N)cc(C(=O)N(Cc2ccccc2)C2CC2)c1. The quantitative estimate of drug-likeness (QED) is 0.845. The van der Waals surface area contributed by atoms with Crippen LogP contribution < -0.4 is 5.73 Å². The summed E-state index contributed by atoms with van der Waals surface area (Å²) >= 11 is 0. The largest absolute Gasteiger partial charge is 0.399 e. The van der Waals surface area contributed by atoms with Gasteiger partial charge in [-0.05, 0) is 36.6 Å². The van der Waals surface area contributed by atoms with E-state index in [9.17, 15) is 13.2 Å². The highest BCUT2D eigenvalue weighted by atomic mass is 32.2. The van der Waals surface area contributed by atoms with Crippen molar-refractivity contribution >= 4 is 21.4 Å². The second kappa shape index (κ2) is 6.28. The van der Waals surface area contributed by atoms with Gasteiger partial charge in [0.2, 0.25) is 0 Å². The smallest absolute Gasteiger partial charge is 0.254 e. The molecule has 126 valence electrons. The molecule has 2 aromatic rings. The lowest BCUT2D eigenvalue weighted by Crippen LogP contribution is -2.32. The van der Waals surface area contributed by atoms with Crippen molar-refractivity contribution in [3.63, 3.8) is 0 Å². The van der Waals surface area contributed by atoms with Crippen molar-refractivity contribution in [2.45, 2.75) is 30.3 Å². The minimum absolute atomic E-state index is 0.0707. The van der Waals surface area contributed by atoms with Gasteiger partial charge in [-0.15, -0.1) is 0 Å². The Bertz CT molecular complexity index is 859. The molecule has 1 saturated carbocycles. The molecular weight excluding hydrogens is 324 g/mol. The van der Waals surface area contributed by atoms with Gasteiger partial charge < -0.3 is 10.6 Å². The van der Waals surface area contributed by atoms with Gasteiger partial charge in [-0.3, -0.25) is 4.79 Å². The number of amides is 1. The second-order valence-corrected chi connectivity index (χ2v) is 8.23. The van der Waals surface area contributed by atoms with Gasteiger partial charge in [0.1, 0.15) is 0 Å². The third-order valence-corrected chi connectivity index (χ3v) is 5.14. The molecule has 0 heterocycles. The minimum atomic E-state index is -3.42. The summed E-state index contributed by atoms with van der Waals surface area (Å²) in [5.41, 5.74) is 7.44. The number of benzene rings is 2. The van der Waals surface area contributed by atoms with Crippen molar-refractivity contribution in [1.82, 2.24) is 4.90 Å². The Kier molecular flexibility index (Phi) is 4.32. The van der Waals surface area contributed by atoms with Crippen molar-refractivity contribution in [3.05, 3.63) is 59.7 Å². The van der Waals surface area contributed by atoms with E-state index in [1.807, 2.05) is 30.3 Å². The fraction of sp³-hybridized carbons (Fsp3) is 0.278. The van der Waals surface area contributed by atoms with E-state index in [0.717, 1.165) is 24.7 Å². The summed E-state index contributed by atoms with van der Waals surface area (Å²) in [4.78, 5) is 14.8. The highest BCUT2D eigenvalue weighted by molar-refractivity contribution is 7.90. The van der Waals surface area contributed by atoms with Gasteiger partial charge in [-0.2, -0.15) is 0 Å². The maximum Gasteiger partial charge on any atom is 0.254 e. The molecule has 24 heavy (non-hydrogen) atoms. The Balaban J connectivity index is 1.92. The lowest BCUT2D eigenvalue weighted by molar-refractivity contribution is 0.0729. The van der Waals surface area contributed by atoms with Crippen LogP contribution >= 0.6 is 0 Å².